The molecule has 1 aliphatic carbocycles. The third-order valence-corrected chi connectivity index (χ3v) is 9.79. The van der Waals surface area contributed by atoms with Crippen LogP contribution in [0.15, 0.2) is 100 Å². The lowest BCUT2D eigenvalue weighted by atomic mass is 9.97. The number of hydrogen-bond donors (Lipinski definition) is 3. The number of fused-ring (bicyclic) bond motifs is 1. The maximum Gasteiger partial charge on any atom is 0.262 e. The summed E-state index contributed by atoms with van der Waals surface area (Å²) in [5, 5.41) is 8.20. The number of rotatable bonds is 16. The summed E-state index contributed by atoms with van der Waals surface area (Å²) in [5.74, 6) is -1.22. The van der Waals surface area contributed by atoms with E-state index in [1.165, 1.54) is 18.4 Å². The first-order chi connectivity index (χ1) is 23.9. The predicted octanol–water partition coefficient (Wildman–Crippen LogP) is 6.30. The number of thioether (sulfide) groups is 1. The fourth-order valence-electron chi connectivity index (χ4n) is 5.81. The molecule has 3 amide bonds. The van der Waals surface area contributed by atoms with Crippen LogP contribution in [0.5, 0.6) is 0 Å². The topological polar surface area (TPSA) is 122 Å². The molecule has 3 aromatic carbocycles. The van der Waals surface area contributed by atoms with Crippen LogP contribution in [-0.4, -0.2) is 39.1 Å². The zero-order valence-corrected chi connectivity index (χ0v) is 28.9. The summed E-state index contributed by atoms with van der Waals surface area (Å²) in [4.78, 5) is 59.2. The van der Waals surface area contributed by atoms with Crippen molar-refractivity contribution in [3.8, 4) is 0 Å². The van der Waals surface area contributed by atoms with Crippen molar-refractivity contribution in [1.29, 1.82) is 0 Å². The zero-order valence-electron chi connectivity index (χ0n) is 28.1. The average Bonchev–Trinajstić information content (AvgIpc) is 3.14. The van der Waals surface area contributed by atoms with Gasteiger partial charge in [-0.2, -0.15) is 0 Å². The molecular formula is C39H45N5O4S. The molecule has 0 bridgehead atoms. The van der Waals surface area contributed by atoms with Crippen LogP contribution in [0.4, 0.5) is 0 Å². The lowest BCUT2D eigenvalue weighted by Gasteiger charge is -2.19. The van der Waals surface area contributed by atoms with E-state index in [-0.39, 0.29) is 29.7 Å². The average molecular weight is 680 g/mol. The van der Waals surface area contributed by atoms with Crippen molar-refractivity contribution in [3.63, 3.8) is 0 Å². The Morgan fingerprint density at radius 1 is 0.857 bits per heavy atom. The van der Waals surface area contributed by atoms with Gasteiger partial charge in [-0.3, -0.25) is 23.7 Å². The van der Waals surface area contributed by atoms with Crippen LogP contribution in [-0.2, 0) is 29.2 Å². The molecular weight excluding hydrogens is 635 g/mol. The Kier molecular flexibility index (Phi) is 13.2. The SMILES string of the molecule is CCCCCn1c(SC(C(=O)NCc2ccccc2)C(=O)NCc2ccccc2)nc2cc(C(=O)NCCC3=CCCCC3)ccc2c1=O. The van der Waals surface area contributed by atoms with Crippen molar-refractivity contribution in [2.75, 3.05) is 6.54 Å². The van der Waals surface area contributed by atoms with E-state index >= 15 is 0 Å². The van der Waals surface area contributed by atoms with Crippen LogP contribution >= 0.6 is 11.8 Å². The van der Waals surface area contributed by atoms with Gasteiger partial charge in [-0.15, -0.1) is 0 Å². The second-order valence-electron chi connectivity index (χ2n) is 12.3. The molecule has 0 saturated heterocycles. The molecule has 1 heterocycles. The van der Waals surface area contributed by atoms with Gasteiger partial charge in [-0.1, -0.05) is 104 Å². The molecule has 5 rings (SSSR count). The monoisotopic (exact) mass is 679 g/mol. The Hall–Kier alpha value is -4.70. The number of nitrogens with one attached hydrogen (secondary N) is 3. The van der Waals surface area contributed by atoms with E-state index in [0.29, 0.717) is 29.6 Å². The van der Waals surface area contributed by atoms with E-state index in [0.717, 1.165) is 61.4 Å². The Morgan fingerprint density at radius 3 is 2.14 bits per heavy atom. The molecule has 1 aliphatic rings. The number of aromatic nitrogens is 2. The van der Waals surface area contributed by atoms with Gasteiger partial charge in [-0.05, 0) is 67.9 Å². The van der Waals surface area contributed by atoms with Crippen molar-refractivity contribution < 1.29 is 14.4 Å². The van der Waals surface area contributed by atoms with E-state index in [2.05, 4.69) is 29.0 Å². The smallest absolute Gasteiger partial charge is 0.262 e. The van der Waals surface area contributed by atoms with E-state index < -0.39 is 17.1 Å². The number of carbonyl (C=O) groups is 3. The summed E-state index contributed by atoms with van der Waals surface area (Å²) >= 11 is 0.954. The maximum absolute atomic E-state index is 13.9. The molecule has 0 aliphatic heterocycles. The van der Waals surface area contributed by atoms with Crippen molar-refractivity contribution >= 4 is 40.4 Å². The molecule has 0 saturated carbocycles. The number of amides is 3. The van der Waals surface area contributed by atoms with Gasteiger partial charge in [-0.25, -0.2) is 4.98 Å². The molecule has 0 atom stereocenters. The van der Waals surface area contributed by atoms with Crippen molar-refractivity contribution in [2.24, 2.45) is 0 Å². The molecule has 3 N–H and O–H groups in total. The lowest BCUT2D eigenvalue weighted by Crippen LogP contribution is -2.43. The summed E-state index contributed by atoms with van der Waals surface area (Å²) in [6.07, 6.45) is 10.3. The van der Waals surface area contributed by atoms with Crippen LogP contribution < -0.4 is 21.5 Å². The standard InChI is InChI=1S/C39H45N5O4S/c1-2-3-13-24-44-38(48)32-21-20-31(35(45)40-23-22-28-14-7-4-8-15-28)25-33(32)43-39(44)49-34(36(46)41-26-29-16-9-5-10-17-29)37(47)42-27-30-18-11-6-12-19-30/h5-6,9-12,14,16-21,25,34H,2-4,7-8,13,15,22-24,26-27H2,1H3,(H,40,45)(H,41,46)(H,42,47). The Labute approximate surface area is 292 Å². The fourth-order valence-corrected chi connectivity index (χ4v) is 6.85. The summed E-state index contributed by atoms with van der Waals surface area (Å²) in [5.41, 5.74) is 3.64. The Bertz CT molecular complexity index is 1770. The number of allylic oxidation sites excluding steroid dienone is 1. The third-order valence-electron chi connectivity index (χ3n) is 8.60. The van der Waals surface area contributed by atoms with Gasteiger partial charge in [0.05, 0.1) is 10.9 Å². The van der Waals surface area contributed by atoms with E-state index in [4.69, 9.17) is 4.98 Å². The van der Waals surface area contributed by atoms with Crippen molar-refractivity contribution in [3.05, 3.63) is 118 Å². The molecule has 49 heavy (non-hydrogen) atoms. The quantitative estimate of drug-likeness (QED) is 0.0420. The van der Waals surface area contributed by atoms with Gasteiger partial charge in [0.1, 0.15) is 0 Å². The van der Waals surface area contributed by atoms with Crippen molar-refractivity contribution in [2.45, 2.75) is 88.3 Å². The lowest BCUT2D eigenvalue weighted by molar-refractivity contribution is -0.128. The first kappa shape index (κ1) is 35.6. The molecule has 0 unspecified atom stereocenters. The van der Waals surface area contributed by atoms with Crippen LogP contribution in [0, 0.1) is 0 Å². The minimum atomic E-state index is -1.23. The molecule has 0 fully saturated rings. The highest BCUT2D eigenvalue weighted by atomic mass is 32.2. The highest BCUT2D eigenvalue weighted by Crippen LogP contribution is 2.25. The largest absolute Gasteiger partial charge is 0.352 e. The highest BCUT2D eigenvalue weighted by molar-refractivity contribution is 8.01. The third kappa shape index (κ3) is 10.2. The molecule has 256 valence electrons. The summed E-state index contributed by atoms with van der Waals surface area (Å²) in [6, 6.07) is 23.8. The predicted molar refractivity (Wildman–Crippen MR) is 195 cm³/mol. The van der Waals surface area contributed by atoms with Gasteiger partial charge in [0.25, 0.3) is 11.5 Å². The summed E-state index contributed by atoms with van der Waals surface area (Å²) in [7, 11) is 0. The molecule has 9 nitrogen and oxygen atoms in total. The van der Waals surface area contributed by atoms with Gasteiger partial charge in [0.15, 0.2) is 10.4 Å². The van der Waals surface area contributed by atoms with E-state index in [1.54, 1.807) is 22.8 Å². The molecule has 1 aromatic heterocycles. The molecule has 0 spiro atoms. The van der Waals surface area contributed by atoms with Gasteiger partial charge >= 0.3 is 0 Å². The normalized spacial score (nSPS) is 12.8. The second kappa shape index (κ2) is 18.2. The van der Waals surface area contributed by atoms with Gasteiger partial charge in [0.2, 0.25) is 11.8 Å². The first-order valence-electron chi connectivity index (χ1n) is 17.2. The number of nitrogens with zero attached hydrogens (tertiary/aromatic N) is 2. The number of carbonyl (C=O) groups excluding carboxylic acids is 3. The molecule has 10 heteroatoms. The van der Waals surface area contributed by atoms with Crippen LogP contribution in [0.2, 0.25) is 0 Å². The van der Waals surface area contributed by atoms with Crippen LogP contribution in [0.25, 0.3) is 10.9 Å². The van der Waals surface area contributed by atoms with Crippen LogP contribution in [0.3, 0.4) is 0 Å². The number of hydrogen-bond acceptors (Lipinski definition) is 6. The van der Waals surface area contributed by atoms with E-state index in [1.807, 2.05) is 60.7 Å². The zero-order chi connectivity index (χ0) is 34.4. The van der Waals surface area contributed by atoms with Gasteiger partial charge < -0.3 is 16.0 Å². The molecule has 4 aromatic rings. The first-order valence-corrected chi connectivity index (χ1v) is 18.1. The number of benzene rings is 3. The Morgan fingerprint density at radius 2 is 1.53 bits per heavy atom. The minimum Gasteiger partial charge on any atom is -0.352 e. The summed E-state index contributed by atoms with van der Waals surface area (Å²) < 4.78 is 1.56. The number of unbranched alkanes of at least 4 members (excludes halogenated alkanes) is 2. The second-order valence-corrected chi connectivity index (χ2v) is 13.4. The van der Waals surface area contributed by atoms with Crippen LogP contribution in [0.1, 0.15) is 79.8 Å². The maximum atomic E-state index is 13.9. The van der Waals surface area contributed by atoms with Crippen molar-refractivity contribution in [1.82, 2.24) is 25.5 Å². The van der Waals surface area contributed by atoms with E-state index in [9.17, 15) is 19.2 Å². The highest BCUT2D eigenvalue weighted by Gasteiger charge is 2.30. The molecule has 0 radical (unpaired) electrons. The minimum absolute atomic E-state index is 0.236. The summed E-state index contributed by atoms with van der Waals surface area (Å²) in [6.45, 7) is 3.49. The fraction of sp³-hybridized carbons (Fsp3) is 0.359. The Balaban J connectivity index is 1.42. The van der Waals surface area contributed by atoms with Gasteiger partial charge in [0, 0.05) is 31.7 Å².